The van der Waals surface area contributed by atoms with Crippen LogP contribution in [0.4, 0.5) is 14.5 Å². The highest BCUT2D eigenvalue weighted by Gasteiger charge is 2.20. The van der Waals surface area contributed by atoms with Crippen LogP contribution in [0, 0.1) is 11.6 Å². The van der Waals surface area contributed by atoms with Gasteiger partial charge in [0, 0.05) is 25.7 Å². The number of benzene rings is 1. The Kier molecular flexibility index (Phi) is 5.12. The van der Waals surface area contributed by atoms with E-state index in [2.05, 4.69) is 30.1 Å². The van der Waals surface area contributed by atoms with E-state index in [1.165, 1.54) is 23.8 Å². The quantitative estimate of drug-likeness (QED) is 0.844. The lowest BCUT2D eigenvalue weighted by Gasteiger charge is -2.32. The normalized spacial score (nSPS) is 17.0. The van der Waals surface area contributed by atoms with Gasteiger partial charge in [0.2, 0.25) is 0 Å². The van der Waals surface area contributed by atoms with Crippen molar-refractivity contribution in [3.63, 3.8) is 0 Å². The molecule has 1 fully saturated rings. The van der Waals surface area contributed by atoms with E-state index < -0.39 is 11.6 Å². The van der Waals surface area contributed by atoms with Crippen molar-refractivity contribution >= 4 is 5.69 Å². The fourth-order valence-corrected chi connectivity index (χ4v) is 2.41. The molecule has 1 N–H and O–H groups in total. The third kappa shape index (κ3) is 4.04. The van der Waals surface area contributed by atoms with Crippen LogP contribution < -0.4 is 5.32 Å². The second kappa shape index (κ2) is 6.84. The van der Waals surface area contributed by atoms with Gasteiger partial charge >= 0.3 is 0 Å². The molecule has 0 unspecified atom stereocenters. The molecule has 2 nitrogen and oxygen atoms in total. The van der Waals surface area contributed by atoms with Crippen LogP contribution in [0.3, 0.4) is 0 Å². The lowest BCUT2D eigenvalue weighted by Crippen LogP contribution is -2.39. The van der Waals surface area contributed by atoms with Gasteiger partial charge in [-0.3, -0.25) is 4.90 Å². The van der Waals surface area contributed by atoms with Gasteiger partial charge in [-0.05, 0) is 38.8 Å². The number of rotatable bonds is 4. The summed E-state index contributed by atoms with van der Waals surface area (Å²) in [5, 5.41) is 3.01. The number of piperidine rings is 1. The minimum Gasteiger partial charge on any atom is -0.377 e. The topological polar surface area (TPSA) is 15.3 Å². The Labute approximate surface area is 119 Å². The second-order valence-electron chi connectivity index (χ2n) is 5.60. The van der Waals surface area contributed by atoms with Crippen LogP contribution in [0.25, 0.3) is 0 Å². The maximum absolute atomic E-state index is 13.6. The van der Waals surface area contributed by atoms with Gasteiger partial charge in [0.05, 0.1) is 0 Å². The molecule has 2 rings (SSSR count). The molecule has 0 bridgehead atoms. The van der Waals surface area contributed by atoms with E-state index in [0.29, 0.717) is 0 Å². The molecule has 4 heteroatoms. The molecule has 20 heavy (non-hydrogen) atoms. The predicted octanol–water partition coefficient (Wildman–Crippen LogP) is 3.81. The zero-order valence-electron chi connectivity index (χ0n) is 12.1. The summed E-state index contributed by atoms with van der Waals surface area (Å²) in [5.74, 6) is -1.03. The van der Waals surface area contributed by atoms with Crippen LogP contribution in [0.1, 0.15) is 26.7 Å². The Balaban J connectivity index is 1.87. The molecule has 1 aliphatic heterocycles. The zero-order chi connectivity index (χ0) is 14.5. The molecule has 0 aromatic heterocycles. The number of halogens is 2. The SMILES string of the molecule is CC(C)=CCN1CCC(Nc2c(F)cccc2F)CC1. The molecule has 1 aromatic carbocycles. The Morgan fingerprint density at radius 1 is 1.25 bits per heavy atom. The van der Waals surface area contributed by atoms with Gasteiger partial charge in [0.25, 0.3) is 0 Å². The number of nitrogens with one attached hydrogen (secondary N) is 1. The predicted molar refractivity (Wildman–Crippen MR) is 78.9 cm³/mol. The van der Waals surface area contributed by atoms with Gasteiger partial charge in [-0.2, -0.15) is 0 Å². The molecular weight excluding hydrogens is 258 g/mol. The van der Waals surface area contributed by atoms with Crippen molar-refractivity contribution in [3.05, 3.63) is 41.5 Å². The summed E-state index contributed by atoms with van der Waals surface area (Å²) in [7, 11) is 0. The molecular formula is C16H22F2N2. The molecule has 0 radical (unpaired) electrons. The minimum atomic E-state index is -0.517. The van der Waals surface area contributed by atoms with Gasteiger partial charge in [-0.25, -0.2) is 8.78 Å². The Bertz CT molecular complexity index is 453. The maximum atomic E-state index is 13.6. The van der Waals surface area contributed by atoms with Crippen LogP contribution in [-0.2, 0) is 0 Å². The molecule has 0 amide bonds. The largest absolute Gasteiger partial charge is 0.377 e. The minimum absolute atomic E-state index is 0.00949. The van der Waals surface area contributed by atoms with Crippen LogP contribution in [0.2, 0.25) is 0 Å². The average molecular weight is 280 g/mol. The molecule has 110 valence electrons. The van der Waals surface area contributed by atoms with E-state index in [1.807, 2.05) is 0 Å². The first kappa shape index (κ1) is 15.0. The first-order valence-corrected chi connectivity index (χ1v) is 7.12. The second-order valence-corrected chi connectivity index (χ2v) is 5.60. The molecule has 1 aromatic rings. The summed E-state index contributed by atoms with van der Waals surface area (Å²) in [6.45, 7) is 7.06. The van der Waals surface area contributed by atoms with Gasteiger partial charge in [0.1, 0.15) is 17.3 Å². The number of anilines is 1. The van der Waals surface area contributed by atoms with Crippen LogP contribution >= 0.6 is 0 Å². The smallest absolute Gasteiger partial charge is 0.149 e. The van der Waals surface area contributed by atoms with Gasteiger partial charge in [0.15, 0.2) is 0 Å². The number of allylic oxidation sites excluding steroid dienone is 1. The number of likely N-dealkylation sites (tertiary alicyclic amines) is 1. The van der Waals surface area contributed by atoms with Crippen molar-refractivity contribution < 1.29 is 8.78 Å². The Morgan fingerprint density at radius 3 is 2.40 bits per heavy atom. The lowest BCUT2D eigenvalue weighted by molar-refractivity contribution is 0.239. The number of para-hydroxylation sites is 1. The molecule has 1 aliphatic rings. The summed E-state index contributed by atoms with van der Waals surface area (Å²) in [5.41, 5.74) is 1.33. The summed E-state index contributed by atoms with van der Waals surface area (Å²) < 4.78 is 27.1. The molecule has 0 saturated carbocycles. The molecule has 0 spiro atoms. The average Bonchev–Trinajstić information content (AvgIpc) is 2.42. The number of hydrogen-bond donors (Lipinski definition) is 1. The first-order chi connectivity index (χ1) is 9.56. The van der Waals surface area contributed by atoms with Crippen molar-refractivity contribution in [1.82, 2.24) is 4.90 Å². The summed E-state index contributed by atoms with van der Waals surface area (Å²) in [4.78, 5) is 2.36. The lowest BCUT2D eigenvalue weighted by atomic mass is 10.0. The van der Waals surface area contributed by atoms with E-state index >= 15 is 0 Å². The highest BCUT2D eigenvalue weighted by Crippen LogP contribution is 2.22. The summed E-state index contributed by atoms with van der Waals surface area (Å²) in [6, 6.07) is 4.10. The highest BCUT2D eigenvalue weighted by atomic mass is 19.1. The van der Waals surface area contributed by atoms with E-state index in [1.54, 1.807) is 0 Å². The number of hydrogen-bond acceptors (Lipinski definition) is 2. The van der Waals surface area contributed by atoms with E-state index in [-0.39, 0.29) is 11.7 Å². The summed E-state index contributed by atoms with van der Waals surface area (Å²) >= 11 is 0. The van der Waals surface area contributed by atoms with Crippen LogP contribution in [0.15, 0.2) is 29.8 Å². The Hall–Kier alpha value is -1.42. The fourth-order valence-electron chi connectivity index (χ4n) is 2.41. The molecule has 0 aliphatic carbocycles. The van der Waals surface area contributed by atoms with E-state index in [0.717, 1.165) is 32.5 Å². The van der Waals surface area contributed by atoms with Crippen molar-refractivity contribution in [2.45, 2.75) is 32.7 Å². The first-order valence-electron chi connectivity index (χ1n) is 7.12. The van der Waals surface area contributed by atoms with Crippen LogP contribution in [-0.4, -0.2) is 30.6 Å². The number of nitrogens with zero attached hydrogens (tertiary/aromatic N) is 1. The standard InChI is InChI=1S/C16H22F2N2/c1-12(2)6-9-20-10-7-13(8-11-20)19-16-14(17)4-3-5-15(16)18/h3-6,13,19H,7-11H2,1-2H3. The van der Waals surface area contributed by atoms with E-state index in [4.69, 9.17) is 0 Å². The highest BCUT2D eigenvalue weighted by molar-refractivity contribution is 5.46. The summed E-state index contributed by atoms with van der Waals surface area (Å²) in [6.07, 6.45) is 4.03. The van der Waals surface area contributed by atoms with Crippen molar-refractivity contribution in [3.8, 4) is 0 Å². The van der Waals surface area contributed by atoms with Crippen LogP contribution in [0.5, 0.6) is 0 Å². The monoisotopic (exact) mass is 280 g/mol. The zero-order valence-corrected chi connectivity index (χ0v) is 12.1. The third-order valence-electron chi connectivity index (χ3n) is 3.66. The maximum Gasteiger partial charge on any atom is 0.149 e. The molecule has 1 heterocycles. The van der Waals surface area contributed by atoms with Crippen molar-refractivity contribution in [2.75, 3.05) is 25.0 Å². The third-order valence-corrected chi connectivity index (χ3v) is 3.66. The van der Waals surface area contributed by atoms with Gasteiger partial charge in [-0.1, -0.05) is 17.7 Å². The van der Waals surface area contributed by atoms with Gasteiger partial charge < -0.3 is 5.32 Å². The molecule has 0 atom stereocenters. The van der Waals surface area contributed by atoms with Crippen molar-refractivity contribution in [1.29, 1.82) is 0 Å². The Morgan fingerprint density at radius 2 is 1.85 bits per heavy atom. The van der Waals surface area contributed by atoms with E-state index in [9.17, 15) is 8.78 Å². The molecule has 1 saturated heterocycles. The van der Waals surface area contributed by atoms with Crippen molar-refractivity contribution in [2.24, 2.45) is 0 Å². The van der Waals surface area contributed by atoms with Gasteiger partial charge in [-0.15, -0.1) is 0 Å². The fraction of sp³-hybridized carbons (Fsp3) is 0.500.